The third kappa shape index (κ3) is 4.67. The van der Waals surface area contributed by atoms with Crippen molar-refractivity contribution in [2.24, 2.45) is 0 Å². The Kier molecular flexibility index (Phi) is 6.14. The average molecular weight is 333 g/mol. The van der Waals surface area contributed by atoms with Gasteiger partial charge in [-0.3, -0.25) is 14.2 Å². The Labute approximate surface area is 142 Å². The maximum absolute atomic E-state index is 12.4. The molecule has 2 aromatic rings. The molecule has 0 aromatic carbocycles. The number of nitrogens with zero attached hydrogens (tertiary/aromatic N) is 5. The molecule has 0 spiro atoms. The van der Waals surface area contributed by atoms with Gasteiger partial charge in [0.1, 0.15) is 6.54 Å². The van der Waals surface area contributed by atoms with E-state index in [-0.39, 0.29) is 25.0 Å². The minimum atomic E-state index is 0.0306. The minimum absolute atomic E-state index is 0.0306. The minimum Gasteiger partial charge on any atom is -0.394 e. The summed E-state index contributed by atoms with van der Waals surface area (Å²) in [7, 11) is 1.81. The van der Waals surface area contributed by atoms with Crippen molar-refractivity contribution in [3.05, 3.63) is 35.9 Å². The van der Waals surface area contributed by atoms with Crippen LogP contribution >= 0.6 is 0 Å². The molecule has 1 unspecified atom stereocenters. The molecule has 1 amide bonds. The molecular formula is C17H27N5O2. The molecule has 132 valence electrons. The molecule has 2 rings (SSSR count). The maximum Gasteiger partial charge on any atom is 0.244 e. The van der Waals surface area contributed by atoms with Crippen molar-refractivity contribution in [2.45, 2.75) is 45.7 Å². The van der Waals surface area contributed by atoms with E-state index in [0.717, 1.165) is 11.1 Å². The second-order valence-corrected chi connectivity index (χ2v) is 6.56. The third-order valence-electron chi connectivity index (χ3n) is 4.14. The maximum atomic E-state index is 12.4. The number of aliphatic hydroxyl groups excluding tert-OH is 1. The normalized spacial score (nSPS) is 12.6. The summed E-state index contributed by atoms with van der Waals surface area (Å²) in [4.78, 5) is 14.1. The van der Waals surface area contributed by atoms with Crippen LogP contribution in [-0.2, 0) is 17.9 Å². The summed E-state index contributed by atoms with van der Waals surface area (Å²) >= 11 is 0. The smallest absolute Gasteiger partial charge is 0.244 e. The molecule has 1 atom stereocenters. The van der Waals surface area contributed by atoms with E-state index in [0.29, 0.717) is 19.0 Å². The largest absolute Gasteiger partial charge is 0.394 e. The van der Waals surface area contributed by atoms with Crippen LogP contribution in [0.15, 0.2) is 24.8 Å². The van der Waals surface area contributed by atoms with Gasteiger partial charge in [-0.1, -0.05) is 20.8 Å². The number of hydrogen-bond acceptors (Lipinski definition) is 4. The summed E-state index contributed by atoms with van der Waals surface area (Å²) in [5, 5.41) is 17.4. The second kappa shape index (κ2) is 8.10. The molecule has 0 bridgehead atoms. The van der Waals surface area contributed by atoms with Gasteiger partial charge in [-0.2, -0.15) is 10.2 Å². The number of aliphatic hydroxyl groups is 1. The first-order valence-corrected chi connectivity index (χ1v) is 8.30. The van der Waals surface area contributed by atoms with Crippen molar-refractivity contribution in [1.82, 2.24) is 24.5 Å². The molecule has 1 N–H and O–H groups in total. The Hall–Kier alpha value is -2.15. The zero-order valence-corrected chi connectivity index (χ0v) is 14.9. The Balaban J connectivity index is 1.89. The lowest BCUT2D eigenvalue weighted by Gasteiger charge is -2.21. The van der Waals surface area contributed by atoms with Gasteiger partial charge in [0.05, 0.1) is 25.5 Å². The molecule has 2 aromatic heterocycles. The molecule has 0 aliphatic carbocycles. The van der Waals surface area contributed by atoms with Crippen molar-refractivity contribution in [3.63, 3.8) is 0 Å². The summed E-state index contributed by atoms with van der Waals surface area (Å²) in [6, 6.07) is 0. The molecule has 24 heavy (non-hydrogen) atoms. The monoisotopic (exact) mass is 333 g/mol. The quantitative estimate of drug-likeness (QED) is 0.793. The van der Waals surface area contributed by atoms with E-state index in [9.17, 15) is 4.79 Å². The number of likely N-dealkylation sites (N-methyl/N-ethyl adjacent to an activating group) is 1. The zero-order valence-electron chi connectivity index (χ0n) is 14.9. The van der Waals surface area contributed by atoms with Gasteiger partial charge in [-0.15, -0.1) is 0 Å². The summed E-state index contributed by atoms with van der Waals surface area (Å²) < 4.78 is 3.41. The van der Waals surface area contributed by atoms with Crippen molar-refractivity contribution in [1.29, 1.82) is 0 Å². The molecule has 0 radical (unpaired) electrons. The number of hydrogen-bond donors (Lipinski definition) is 1. The summed E-state index contributed by atoms with van der Waals surface area (Å²) in [5.74, 6) is 0.611. The van der Waals surface area contributed by atoms with Crippen LogP contribution in [-0.4, -0.2) is 55.7 Å². The molecule has 2 heterocycles. The van der Waals surface area contributed by atoms with E-state index in [4.69, 9.17) is 5.11 Å². The zero-order chi connectivity index (χ0) is 17.7. The second-order valence-electron chi connectivity index (χ2n) is 6.56. The summed E-state index contributed by atoms with van der Waals surface area (Å²) in [6.45, 7) is 7.69. The van der Waals surface area contributed by atoms with E-state index >= 15 is 0 Å². The highest BCUT2D eigenvalue weighted by Gasteiger charge is 2.16. The number of carbonyl (C=O) groups excluding carboxylic acids is 1. The van der Waals surface area contributed by atoms with Crippen molar-refractivity contribution in [3.8, 4) is 0 Å². The number of amides is 1. The fourth-order valence-electron chi connectivity index (χ4n) is 2.50. The Morgan fingerprint density at radius 1 is 1.17 bits per heavy atom. The number of carbonyl (C=O) groups is 1. The van der Waals surface area contributed by atoms with E-state index < -0.39 is 0 Å². The fourth-order valence-corrected chi connectivity index (χ4v) is 2.50. The Morgan fingerprint density at radius 2 is 1.79 bits per heavy atom. The highest BCUT2D eigenvalue weighted by atomic mass is 16.3. The summed E-state index contributed by atoms with van der Waals surface area (Å²) in [6.07, 6.45) is 7.46. The van der Waals surface area contributed by atoms with Gasteiger partial charge < -0.3 is 10.0 Å². The lowest BCUT2D eigenvalue weighted by atomic mass is 10.1. The van der Waals surface area contributed by atoms with Gasteiger partial charge in [0.2, 0.25) is 5.91 Å². The van der Waals surface area contributed by atoms with Crippen LogP contribution in [0.3, 0.4) is 0 Å². The molecule has 0 fully saturated rings. The van der Waals surface area contributed by atoms with Gasteiger partial charge in [-0.05, 0) is 17.0 Å². The number of aromatic nitrogens is 4. The molecule has 0 aliphatic heterocycles. The van der Waals surface area contributed by atoms with Crippen LogP contribution in [0.5, 0.6) is 0 Å². The molecule has 7 heteroatoms. The highest BCUT2D eigenvalue weighted by molar-refractivity contribution is 5.75. The number of rotatable bonds is 8. The Bertz CT molecular complexity index is 661. The molecule has 7 nitrogen and oxygen atoms in total. The van der Waals surface area contributed by atoms with E-state index in [2.05, 4.69) is 31.0 Å². The topological polar surface area (TPSA) is 76.2 Å². The van der Waals surface area contributed by atoms with Gasteiger partial charge >= 0.3 is 0 Å². The summed E-state index contributed by atoms with van der Waals surface area (Å²) in [5.41, 5.74) is 2.19. The van der Waals surface area contributed by atoms with Gasteiger partial charge in [-0.25, -0.2) is 0 Å². The van der Waals surface area contributed by atoms with Crippen molar-refractivity contribution < 1.29 is 9.90 Å². The van der Waals surface area contributed by atoms with Gasteiger partial charge in [0.25, 0.3) is 0 Å². The molecular weight excluding hydrogens is 306 g/mol. The van der Waals surface area contributed by atoms with Crippen LogP contribution in [0, 0.1) is 0 Å². The predicted octanol–water partition coefficient (Wildman–Crippen LogP) is 1.46. The average Bonchev–Trinajstić information content (AvgIpc) is 3.17. The van der Waals surface area contributed by atoms with Crippen LogP contribution in [0.2, 0.25) is 0 Å². The molecule has 0 saturated heterocycles. The standard InChI is InChI=1S/C17H27N5O2/c1-13(2)15-7-19-22(10-15)12-17(24)20(4)9-14(3)16-8-18-21(11-16)5-6-23/h7-8,10-11,13-14,23H,5-6,9,12H2,1-4H3. The fraction of sp³-hybridized carbons (Fsp3) is 0.588. The first kappa shape index (κ1) is 18.2. The van der Waals surface area contributed by atoms with E-state index in [1.54, 1.807) is 20.5 Å². The van der Waals surface area contributed by atoms with Crippen LogP contribution in [0.25, 0.3) is 0 Å². The third-order valence-corrected chi connectivity index (χ3v) is 4.14. The first-order valence-electron chi connectivity index (χ1n) is 8.30. The van der Waals surface area contributed by atoms with Crippen LogP contribution < -0.4 is 0 Å². The van der Waals surface area contributed by atoms with E-state index in [1.807, 2.05) is 25.6 Å². The highest BCUT2D eigenvalue weighted by Crippen LogP contribution is 2.16. The first-order chi connectivity index (χ1) is 11.4. The van der Waals surface area contributed by atoms with Crippen LogP contribution in [0.1, 0.15) is 43.7 Å². The van der Waals surface area contributed by atoms with Gasteiger partial charge in [0, 0.05) is 31.9 Å². The lowest BCUT2D eigenvalue weighted by molar-refractivity contribution is -0.130. The molecule has 0 saturated carbocycles. The van der Waals surface area contributed by atoms with Gasteiger partial charge in [0.15, 0.2) is 0 Å². The van der Waals surface area contributed by atoms with E-state index in [1.165, 1.54) is 0 Å². The van der Waals surface area contributed by atoms with Crippen molar-refractivity contribution >= 4 is 5.91 Å². The van der Waals surface area contributed by atoms with Crippen LogP contribution in [0.4, 0.5) is 0 Å². The Morgan fingerprint density at radius 3 is 2.42 bits per heavy atom. The lowest BCUT2D eigenvalue weighted by Crippen LogP contribution is -2.33. The SMILES string of the molecule is CC(C)c1cnn(CC(=O)N(C)CC(C)c2cnn(CCO)c2)c1. The molecule has 0 aliphatic rings. The van der Waals surface area contributed by atoms with Crippen molar-refractivity contribution in [2.75, 3.05) is 20.2 Å². The predicted molar refractivity (Wildman–Crippen MR) is 91.7 cm³/mol.